The Hall–Kier alpha value is -1.33. The average Bonchev–Trinajstić information content (AvgIpc) is 2.80. The SMILES string of the molecule is CCc1sc(C(C)Nc2cnn(C)c(=O)c2Cl)cc1C. The number of aryl methyl sites for hydroxylation is 3. The lowest BCUT2D eigenvalue weighted by atomic mass is 10.2. The number of rotatable bonds is 4. The maximum absolute atomic E-state index is 11.7. The highest BCUT2D eigenvalue weighted by atomic mass is 35.5. The van der Waals surface area contributed by atoms with Crippen LogP contribution >= 0.6 is 22.9 Å². The molecule has 0 aliphatic heterocycles. The van der Waals surface area contributed by atoms with Crippen LogP contribution in [0.4, 0.5) is 5.69 Å². The second kappa shape index (κ2) is 5.97. The van der Waals surface area contributed by atoms with E-state index in [-0.39, 0.29) is 16.6 Å². The van der Waals surface area contributed by atoms with E-state index in [1.807, 2.05) is 0 Å². The summed E-state index contributed by atoms with van der Waals surface area (Å²) >= 11 is 7.85. The fourth-order valence-electron chi connectivity index (χ4n) is 2.03. The Bertz CT molecular complexity index is 678. The molecule has 4 nitrogen and oxygen atoms in total. The van der Waals surface area contributed by atoms with Gasteiger partial charge in [0.1, 0.15) is 5.02 Å². The van der Waals surface area contributed by atoms with Crippen molar-refractivity contribution >= 4 is 28.6 Å². The predicted molar refractivity (Wildman–Crippen MR) is 85.0 cm³/mol. The van der Waals surface area contributed by atoms with Crippen molar-refractivity contribution in [1.29, 1.82) is 0 Å². The Morgan fingerprint density at radius 1 is 1.55 bits per heavy atom. The van der Waals surface area contributed by atoms with Crippen LogP contribution in [0.15, 0.2) is 17.1 Å². The van der Waals surface area contributed by atoms with E-state index < -0.39 is 0 Å². The lowest BCUT2D eigenvalue weighted by molar-refractivity contribution is 0.706. The van der Waals surface area contributed by atoms with Gasteiger partial charge in [-0.15, -0.1) is 11.3 Å². The Morgan fingerprint density at radius 3 is 2.85 bits per heavy atom. The van der Waals surface area contributed by atoms with Gasteiger partial charge in [0.05, 0.1) is 17.9 Å². The minimum atomic E-state index is -0.291. The summed E-state index contributed by atoms with van der Waals surface area (Å²) in [6.45, 7) is 6.33. The minimum absolute atomic E-state index is 0.0883. The van der Waals surface area contributed by atoms with Crippen LogP contribution < -0.4 is 10.9 Å². The second-order valence-electron chi connectivity index (χ2n) is 4.78. The normalized spacial score (nSPS) is 12.4. The molecule has 0 aliphatic carbocycles. The molecule has 20 heavy (non-hydrogen) atoms. The van der Waals surface area contributed by atoms with Gasteiger partial charge in [0.25, 0.3) is 5.56 Å². The van der Waals surface area contributed by atoms with Gasteiger partial charge in [0, 0.05) is 16.8 Å². The number of anilines is 1. The topological polar surface area (TPSA) is 46.9 Å². The molecular weight excluding hydrogens is 294 g/mol. The molecule has 0 amide bonds. The third-order valence-electron chi connectivity index (χ3n) is 3.24. The van der Waals surface area contributed by atoms with Crippen molar-refractivity contribution in [3.63, 3.8) is 0 Å². The van der Waals surface area contributed by atoms with Crippen molar-refractivity contribution in [3.05, 3.63) is 43.0 Å². The van der Waals surface area contributed by atoms with Crippen molar-refractivity contribution in [3.8, 4) is 0 Å². The molecule has 0 aromatic carbocycles. The fraction of sp³-hybridized carbons (Fsp3) is 0.429. The molecule has 2 rings (SSSR count). The van der Waals surface area contributed by atoms with Crippen molar-refractivity contribution in [2.45, 2.75) is 33.2 Å². The fourth-order valence-corrected chi connectivity index (χ4v) is 3.37. The highest BCUT2D eigenvalue weighted by Gasteiger charge is 2.14. The van der Waals surface area contributed by atoms with Crippen LogP contribution in [-0.2, 0) is 13.5 Å². The van der Waals surface area contributed by atoms with Crippen LogP contribution in [0.3, 0.4) is 0 Å². The summed E-state index contributed by atoms with van der Waals surface area (Å²) in [7, 11) is 1.58. The monoisotopic (exact) mass is 311 g/mol. The van der Waals surface area contributed by atoms with Crippen LogP contribution in [0.1, 0.15) is 35.2 Å². The predicted octanol–water partition coefficient (Wildman–Crippen LogP) is 3.54. The minimum Gasteiger partial charge on any atom is -0.375 e. The van der Waals surface area contributed by atoms with Gasteiger partial charge in [-0.25, -0.2) is 4.68 Å². The van der Waals surface area contributed by atoms with Crippen molar-refractivity contribution < 1.29 is 0 Å². The van der Waals surface area contributed by atoms with Gasteiger partial charge >= 0.3 is 0 Å². The molecule has 1 unspecified atom stereocenters. The molecule has 2 aromatic rings. The van der Waals surface area contributed by atoms with E-state index in [9.17, 15) is 4.79 Å². The summed E-state index contributed by atoms with van der Waals surface area (Å²) in [5.41, 5.74) is 1.60. The molecule has 0 fully saturated rings. The van der Waals surface area contributed by atoms with E-state index in [0.717, 1.165) is 6.42 Å². The van der Waals surface area contributed by atoms with E-state index >= 15 is 0 Å². The second-order valence-corrected chi connectivity index (χ2v) is 6.32. The number of nitrogens with one attached hydrogen (secondary N) is 1. The van der Waals surface area contributed by atoms with Gasteiger partial charge in [-0.2, -0.15) is 5.10 Å². The van der Waals surface area contributed by atoms with Gasteiger partial charge in [-0.3, -0.25) is 4.79 Å². The molecule has 1 N–H and O–H groups in total. The van der Waals surface area contributed by atoms with Gasteiger partial charge in [-0.05, 0) is 31.9 Å². The lowest BCUT2D eigenvalue weighted by Crippen LogP contribution is -2.21. The highest BCUT2D eigenvalue weighted by Crippen LogP contribution is 2.30. The molecule has 2 aromatic heterocycles. The number of nitrogens with zero attached hydrogens (tertiary/aromatic N) is 2. The van der Waals surface area contributed by atoms with Crippen molar-refractivity contribution in [1.82, 2.24) is 9.78 Å². The summed E-state index contributed by atoms with van der Waals surface area (Å²) in [5.74, 6) is 0. The summed E-state index contributed by atoms with van der Waals surface area (Å²) in [4.78, 5) is 14.4. The summed E-state index contributed by atoms with van der Waals surface area (Å²) < 4.78 is 1.22. The first-order chi connectivity index (χ1) is 9.43. The standard InChI is InChI=1S/C14H18ClN3OS/c1-5-11-8(2)6-12(20-11)9(3)17-10-7-16-18(4)14(19)13(10)15/h6-7,9,17H,5H2,1-4H3. The molecular formula is C14H18ClN3OS. The Balaban J connectivity index is 2.25. The van der Waals surface area contributed by atoms with E-state index in [0.29, 0.717) is 5.69 Å². The zero-order chi connectivity index (χ0) is 14.9. The number of hydrogen-bond acceptors (Lipinski definition) is 4. The first kappa shape index (κ1) is 15.1. The van der Waals surface area contributed by atoms with Crippen LogP contribution in [-0.4, -0.2) is 9.78 Å². The number of halogens is 1. The van der Waals surface area contributed by atoms with E-state index in [2.05, 4.69) is 37.3 Å². The van der Waals surface area contributed by atoms with Crippen molar-refractivity contribution in [2.75, 3.05) is 5.32 Å². The zero-order valence-electron chi connectivity index (χ0n) is 12.0. The van der Waals surface area contributed by atoms with Crippen LogP contribution in [0.5, 0.6) is 0 Å². The smallest absolute Gasteiger partial charge is 0.287 e. The molecule has 0 aliphatic rings. The molecule has 2 heterocycles. The molecule has 0 spiro atoms. The Labute approximate surface area is 127 Å². The maximum atomic E-state index is 11.7. The molecule has 0 saturated carbocycles. The Kier molecular flexibility index (Phi) is 4.50. The summed E-state index contributed by atoms with van der Waals surface area (Å²) in [6.07, 6.45) is 2.62. The van der Waals surface area contributed by atoms with Gasteiger partial charge < -0.3 is 5.32 Å². The summed E-state index contributed by atoms with van der Waals surface area (Å²) in [5, 5.41) is 7.43. The molecule has 0 radical (unpaired) electrons. The van der Waals surface area contributed by atoms with E-state index in [1.165, 1.54) is 20.0 Å². The van der Waals surface area contributed by atoms with Gasteiger partial charge in [0.15, 0.2) is 0 Å². The first-order valence-electron chi connectivity index (χ1n) is 6.51. The van der Waals surface area contributed by atoms with Gasteiger partial charge in [-0.1, -0.05) is 18.5 Å². The first-order valence-corrected chi connectivity index (χ1v) is 7.71. The molecule has 108 valence electrons. The van der Waals surface area contributed by atoms with Gasteiger partial charge in [0.2, 0.25) is 0 Å². The number of hydrogen-bond donors (Lipinski definition) is 1. The van der Waals surface area contributed by atoms with Crippen molar-refractivity contribution in [2.24, 2.45) is 7.05 Å². The average molecular weight is 312 g/mol. The molecule has 0 bridgehead atoms. The van der Waals surface area contributed by atoms with E-state index in [1.54, 1.807) is 24.6 Å². The molecule has 1 atom stereocenters. The highest BCUT2D eigenvalue weighted by molar-refractivity contribution is 7.12. The third-order valence-corrected chi connectivity index (χ3v) is 5.17. The number of thiophene rings is 1. The summed E-state index contributed by atoms with van der Waals surface area (Å²) in [6, 6.07) is 2.27. The van der Waals surface area contributed by atoms with Crippen LogP contribution in [0.2, 0.25) is 5.02 Å². The van der Waals surface area contributed by atoms with Crippen LogP contribution in [0, 0.1) is 6.92 Å². The largest absolute Gasteiger partial charge is 0.375 e. The maximum Gasteiger partial charge on any atom is 0.287 e. The molecule has 6 heteroatoms. The van der Waals surface area contributed by atoms with Crippen LogP contribution in [0.25, 0.3) is 0 Å². The Morgan fingerprint density at radius 2 is 2.25 bits per heavy atom. The zero-order valence-corrected chi connectivity index (χ0v) is 13.6. The third kappa shape index (κ3) is 2.88. The van der Waals surface area contributed by atoms with E-state index in [4.69, 9.17) is 11.6 Å². The number of aromatic nitrogens is 2. The molecule has 0 saturated heterocycles. The quantitative estimate of drug-likeness (QED) is 0.939. The lowest BCUT2D eigenvalue weighted by Gasteiger charge is -2.14.